The van der Waals surface area contributed by atoms with Crippen molar-refractivity contribution < 1.29 is 0 Å². The van der Waals surface area contributed by atoms with Crippen LogP contribution in [0, 0.1) is 6.92 Å². The molecule has 0 aliphatic carbocycles. The SMILES string of the molecule is CCCNC1CCCN(CCn2cc(C)cn2)C1. The van der Waals surface area contributed by atoms with E-state index in [2.05, 4.69) is 40.0 Å². The summed E-state index contributed by atoms with van der Waals surface area (Å²) in [6.07, 6.45) is 7.93. The molecule has 1 aromatic rings. The Kier molecular flexibility index (Phi) is 5.20. The maximum atomic E-state index is 4.34. The van der Waals surface area contributed by atoms with Gasteiger partial charge in [0.25, 0.3) is 0 Å². The van der Waals surface area contributed by atoms with Crippen molar-refractivity contribution in [1.29, 1.82) is 0 Å². The summed E-state index contributed by atoms with van der Waals surface area (Å²) in [6, 6.07) is 0.693. The zero-order valence-electron chi connectivity index (χ0n) is 11.7. The molecule has 18 heavy (non-hydrogen) atoms. The number of hydrogen-bond donors (Lipinski definition) is 1. The van der Waals surface area contributed by atoms with Crippen LogP contribution in [0.5, 0.6) is 0 Å². The quantitative estimate of drug-likeness (QED) is 0.833. The molecule has 4 heteroatoms. The molecule has 0 bridgehead atoms. The van der Waals surface area contributed by atoms with Gasteiger partial charge in [-0.3, -0.25) is 9.58 Å². The number of piperidine rings is 1. The van der Waals surface area contributed by atoms with Gasteiger partial charge < -0.3 is 5.32 Å². The Morgan fingerprint density at radius 2 is 2.33 bits per heavy atom. The van der Waals surface area contributed by atoms with E-state index >= 15 is 0 Å². The lowest BCUT2D eigenvalue weighted by Gasteiger charge is -2.33. The zero-order chi connectivity index (χ0) is 12.8. The van der Waals surface area contributed by atoms with E-state index in [1.54, 1.807) is 0 Å². The largest absolute Gasteiger partial charge is 0.313 e. The van der Waals surface area contributed by atoms with Crippen molar-refractivity contribution in [2.45, 2.75) is 45.7 Å². The van der Waals surface area contributed by atoms with E-state index in [4.69, 9.17) is 0 Å². The van der Waals surface area contributed by atoms with Gasteiger partial charge in [-0.25, -0.2) is 0 Å². The molecule has 4 nitrogen and oxygen atoms in total. The van der Waals surface area contributed by atoms with Crippen molar-refractivity contribution in [2.75, 3.05) is 26.2 Å². The maximum absolute atomic E-state index is 4.34. The van der Waals surface area contributed by atoms with Crippen molar-refractivity contribution in [3.63, 3.8) is 0 Å². The lowest BCUT2D eigenvalue weighted by Crippen LogP contribution is -2.46. The van der Waals surface area contributed by atoms with Crippen LogP contribution >= 0.6 is 0 Å². The second-order valence-corrected chi connectivity index (χ2v) is 5.37. The first-order valence-corrected chi connectivity index (χ1v) is 7.22. The first-order chi connectivity index (χ1) is 8.78. The first-order valence-electron chi connectivity index (χ1n) is 7.22. The van der Waals surface area contributed by atoms with Crippen molar-refractivity contribution in [3.05, 3.63) is 18.0 Å². The van der Waals surface area contributed by atoms with Crippen LogP contribution in [-0.4, -0.2) is 46.9 Å². The molecule has 0 saturated carbocycles. The van der Waals surface area contributed by atoms with E-state index in [0.29, 0.717) is 6.04 Å². The van der Waals surface area contributed by atoms with Crippen molar-refractivity contribution in [3.8, 4) is 0 Å². The van der Waals surface area contributed by atoms with Crippen molar-refractivity contribution in [1.82, 2.24) is 20.0 Å². The summed E-state index contributed by atoms with van der Waals surface area (Å²) in [5.74, 6) is 0. The molecule has 1 aromatic heterocycles. The van der Waals surface area contributed by atoms with E-state index < -0.39 is 0 Å². The molecule has 102 valence electrons. The minimum Gasteiger partial charge on any atom is -0.313 e. The fraction of sp³-hybridized carbons (Fsp3) is 0.786. The molecular weight excluding hydrogens is 224 g/mol. The summed E-state index contributed by atoms with van der Waals surface area (Å²) >= 11 is 0. The second kappa shape index (κ2) is 6.90. The van der Waals surface area contributed by atoms with Gasteiger partial charge in [0.05, 0.1) is 12.7 Å². The molecular formula is C14H26N4. The van der Waals surface area contributed by atoms with E-state index in [0.717, 1.165) is 19.6 Å². The number of aryl methyl sites for hydroxylation is 1. The number of nitrogens with one attached hydrogen (secondary N) is 1. The number of aromatic nitrogens is 2. The molecule has 1 atom stereocenters. The van der Waals surface area contributed by atoms with Gasteiger partial charge in [-0.05, 0) is 44.8 Å². The van der Waals surface area contributed by atoms with E-state index in [1.165, 1.54) is 37.9 Å². The van der Waals surface area contributed by atoms with Crippen LogP contribution in [0.25, 0.3) is 0 Å². The van der Waals surface area contributed by atoms with Gasteiger partial charge in [-0.1, -0.05) is 6.92 Å². The zero-order valence-corrected chi connectivity index (χ0v) is 11.7. The summed E-state index contributed by atoms with van der Waals surface area (Å²) in [5, 5.41) is 7.98. The number of rotatable bonds is 6. The van der Waals surface area contributed by atoms with Crippen LogP contribution in [-0.2, 0) is 6.54 Å². The third-order valence-corrected chi connectivity index (χ3v) is 3.60. The highest BCUT2D eigenvalue weighted by molar-refractivity contribution is 4.99. The average molecular weight is 250 g/mol. The Hall–Kier alpha value is -0.870. The van der Waals surface area contributed by atoms with Crippen LogP contribution < -0.4 is 5.32 Å². The number of hydrogen-bond acceptors (Lipinski definition) is 3. The van der Waals surface area contributed by atoms with E-state index in [1.807, 2.05) is 6.20 Å². The lowest BCUT2D eigenvalue weighted by molar-refractivity contribution is 0.183. The summed E-state index contributed by atoms with van der Waals surface area (Å²) < 4.78 is 2.05. The highest BCUT2D eigenvalue weighted by Gasteiger charge is 2.18. The fourth-order valence-corrected chi connectivity index (χ4v) is 2.61. The third kappa shape index (κ3) is 4.10. The van der Waals surface area contributed by atoms with Crippen LogP contribution in [0.3, 0.4) is 0 Å². The van der Waals surface area contributed by atoms with Crippen LogP contribution in [0.15, 0.2) is 12.4 Å². The third-order valence-electron chi connectivity index (χ3n) is 3.60. The highest BCUT2D eigenvalue weighted by Crippen LogP contribution is 2.10. The fourth-order valence-electron chi connectivity index (χ4n) is 2.61. The Labute approximate surface area is 110 Å². The Bertz CT molecular complexity index is 347. The smallest absolute Gasteiger partial charge is 0.0536 e. The molecule has 1 unspecified atom stereocenters. The summed E-state index contributed by atoms with van der Waals surface area (Å²) in [5.41, 5.74) is 1.25. The summed E-state index contributed by atoms with van der Waals surface area (Å²) in [6.45, 7) is 10.0. The molecule has 1 saturated heterocycles. The molecule has 2 rings (SSSR count). The molecule has 1 aliphatic rings. The molecule has 1 fully saturated rings. The van der Waals surface area contributed by atoms with Gasteiger partial charge in [0.15, 0.2) is 0 Å². The highest BCUT2D eigenvalue weighted by atomic mass is 15.3. The van der Waals surface area contributed by atoms with Gasteiger partial charge in [-0.2, -0.15) is 5.10 Å². The summed E-state index contributed by atoms with van der Waals surface area (Å²) in [7, 11) is 0. The standard InChI is InChI=1S/C14H26N4/c1-3-6-15-14-5-4-7-17(12-14)8-9-18-11-13(2)10-16-18/h10-11,14-15H,3-9,12H2,1-2H3. The Morgan fingerprint density at radius 1 is 1.44 bits per heavy atom. The van der Waals surface area contributed by atoms with E-state index in [-0.39, 0.29) is 0 Å². The molecule has 0 aromatic carbocycles. The van der Waals surface area contributed by atoms with Crippen molar-refractivity contribution >= 4 is 0 Å². The molecule has 0 amide bonds. The lowest BCUT2D eigenvalue weighted by atomic mass is 10.1. The molecule has 0 radical (unpaired) electrons. The second-order valence-electron chi connectivity index (χ2n) is 5.37. The minimum absolute atomic E-state index is 0.693. The molecule has 0 spiro atoms. The number of likely N-dealkylation sites (tertiary alicyclic amines) is 1. The van der Waals surface area contributed by atoms with Crippen LogP contribution in [0.2, 0.25) is 0 Å². The Morgan fingerprint density at radius 3 is 3.06 bits per heavy atom. The topological polar surface area (TPSA) is 33.1 Å². The van der Waals surface area contributed by atoms with Gasteiger partial charge in [0.1, 0.15) is 0 Å². The van der Waals surface area contributed by atoms with Gasteiger partial charge in [0, 0.05) is 25.3 Å². The van der Waals surface area contributed by atoms with Crippen LogP contribution in [0.4, 0.5) is 0 Å². The average Bonchev–Trinajstić information content (AvgIpc) is 2.80. The van der Waals surface area contributed by atoms with Gasteiger partial charge in [-0.15, -0.1) is 0 Å². The predicted molar refractivity (Wildman–Crippen MR) is 74.7 cm³/mol. The van der Waals surface area contributed by atoms with Crippen LogP contribution in [0.1, 0.15) is 31.7 Å². The van der Waals surface area contributed by atoms with E-state index in [9.17, 15) is 0 Å². The van der Waals surface area contributed by atoms with Crippen molar-refractivity contribution in [2.24, 2.45) is 0 Å². The Balaban J connectivity index is 1.72. The minimum atomic E-state index is 0.693. The van der Waals surface area contributed by atoms with Gasteiger partial charge in [0.2, 0.25) is 0 Å². The summed E-state index contributed by atoms with van der Waals surface area (Å²) in [4.78, 5) is 2.56. The molecule has 2 heterocycles. The van der Waals surface area contributed by atoms with Gasteiger partial charge >= 0.3 is 0 Å². The normalized spacial score (nSPS) is 21.3. The maximum Gasteiger partial charge on any atom is 0.0536 e. The number of nitrogens with zero attached hydrogens (tertiary/aromatic N) is 3. The monoisotopic (exact) mass is 250 g/mol. The first kappa shape index (κ1) is 13.6. The molecule has 1 aliphatic heterocycles. The molecule has 1 N–H and O–H groups in total. The predicted octanol–water partition coefficient (Wildman–Crippen LogP) is 1.66.